The molecule has 0 saturated carbocycles. The van der Waals surface area contributed by atoms with Gasteiger partial charge in [0.15, 0.2) is 0 Å². The van der Waals surface area contributed by atoms with Crippen molar-refractivity contribution in [1.29, 1.82) is 0 Å². The number of hydrogen-bond donors (Lipinski definition) is 1. The number of aliphatic hydroxyl groups is 1. The van der Waals surface area contributed by atoms with Crippen LogP contribution in [0.15, 0.2) is 18.7 Å². The monoisotopic (exact) mass is 196 g/mol. The van der Waals surface area contributed by atoms with E-state index in [1.54, 1.807) is 12.4 Å². The quantitative estimate of drug-likeness (QED) is 0.697. The standard InChI is InChI=1S/C10H16N2O2/c1-2-4-14-5-3-10(13)9-6-11-8-12-7-9/h6-8,10,13H,2-5H2,1H3. The van der Waals surface area contributed by atoms with E-state index in [0.29, 0.717) is 13.0 Å². The van der Waals surface area contributed by atoms with E-state index in [-0.39, 0.29) is 0 Å². The maximum Gasteiger partial charge on any atom is 0.115 e. The topological polar surface area (TPSA) is 55.2 Å². The number of ether oxygens (including phenoxy) is 1. The van der Waals surface area contributed by atoms with Gasteiger partial charge in [-0.2, -0.15) is 0 Å². The van der Waals surface area contributed by atoms with Crippen LogP contribution in [0.4, 0.5) is 0 Å². The molecule has 1 rings (SSSR count). The summed E-state index contributed by atoms with van der Waals surface area (Å²) in [6, 6.07) is 0. The van der Waals surface area contributed by atoms with Gasteiger partial charge < -0.3 is 9.84 Å². The largest absolute Gasteiger partial charge is 0.388 e. The molecule has 0 fully saturated rings. The zero-order valence-electron chi connectivity index (χ0n) is 8.39. The van der Waals surface area contributed by atoms with Gasteiger partial charge in [-0.15, -0.1) is 0 Å². The van der Waals surface area contributed by atoms with Gasteiger partial charge in [0.05, 0.1) is 6.10 Å². The summed E-state index contributed by atoms with van der Waals surface area (Å²) in [7, 11) is 0. The molecular weight excluding hydrogens is 180 g/mol. The minimum atomic E-state index is -0.520. The highest BCUT2D eigenvalue weighted by molar-refractivity contribution is 5.05. The molecule has 0 amide bonds. The first-order valence-corrected chi connectivity index (χ1v) is 4.85. The summed E-state index contributed by atoms with van der Waals surface area (Å²) >= 11 is 0. The maximum absolute atomic E-state index is 9.66. The molecule has 1 N–H and O–H groups in total. The molecule has 0 bridgehead atoms. The van der Waals surface area contributed by atoms with Crippen molar-refractivity contribution in [2.45, 2.75) is 25.9 Å². The van der Waals surface area contributed by atoms with Crippen molar-refractivity contribution in [1.82, 2.24) is 9.97 Å². The van der Waals surface area contributed by atoms with Crippen LogP contribution >= 0.6 is 0 Å². The smallest absolute Gasteiger partial charge is 0.115 e. The molecule has 0 spiro atoms. The van der Waals surface area contributed by atoms with Crippen LogP contribution in [-0.2, 0) is 4.74 Å². The Hall–Kier alpha value is -1.00. The first kappa shape index (κ1) is 11.1. The van der Waals surface area contributed by atoms with Gasteiger partial charge in [0.1, 0.15) is 6.33 Å². The van der Waals surface area contributed by atoms with Crippen LogP contribution in [0.25, 0.3) is 0 Å². The second kappa shape index (κ2) is 6.45. The highest BCUT2D eigenvalue weighted by Crippen LogP contribution is 2.13. The first-order valence-electron chi connectivity index (χ1n) is 4.85. The predicted molar refractivity (Wildman–Crippen MR) is 52.7 cm³/mol. The SMILES string of the molecule is CCCOCCC(O)c1cncnc1. The molecule has 1 aromatic heterocycles. The molecule has 0 saturated heterocycles. The van der Waals surface area contributed by atoms with Crippen molar-refractivity contribution < 1.29 is 9.84 Å². The minimum absolute atomic E-state index is 0.520. The van der Waals surface area contributed by atoms with Gasteiger partial charge in [-0.1, -0.05) is 6.92 Å². The number of nitrogens with zero attached hydrogens (tertiary/aromatic N) is 2. The Kier molecular flexibility index (Phi) is 5.11. The van der Waals surface area contributed by atoms with Gasteiger partial charge in [0.2, 0.25) is 0 Å². The first-order chi connectivity index (χ1) is 6.84. The van der Waals surface area contributed by atoms with E-state index >= 15 is 0 Å². The molecular formula is C10H16N2O2. The summed E-state index contributed by atoms with van der Waals surface area (Å²) < 4.78 is 5.27. The molecule has 4 heteroatoms. The lowest BCUT2D eigenvalue weighted by molar-refractivity contribution is 0.0819. The molecule has 1 aromatic rings. The van der Waals surface area contributed by atoms with E-state index in [1.165, 1.54) is 6.33 Å². The third-order valence-electron chi connectivity index (χ3n) is 1.85. The molecule has 0 aliphatic heterocycles. The van der Waals surface area contributed by atoms with Crippen molar-refractivity contribution in [2.24, 2.45) is 0 Å². The Morgan fingerprint density at radius 1 is 1.36 bits per heavy atom. The maximum atomic E-state index is 9.66. The summed E-state index contributed by atoms with van der Waals surface area (Å²) in [5, 5.41) is 9.66. The Morgan fingerprint density at radius 2 is 2.07 bits per heavy atom. The molecule has 0 aromatic carbocycles. The Balaban J connectivity index is 2.25. The van der Waals surface area contributed by atoms with Crippen LogP contribution in [0.2, 0.25) is 0 Å². The van der Waals surface area contributed by atoms with E-state index in [1.807, 2.05) is 0 Å². The fourth-order valence-electron chi connectivity index (χ4n) is 1.09. The van der Waals surface area contributed by atoms with Crippen LogP contribution in [0.5, 0.6) is 0 Å². The van der Waals surface area contributed by atoms with E-state index < -0.39 is 6.10 Å². The summed E-state index contributed by atoms with van der Waals surface area (Å²) in [6.07, 6.45) is 5.77. The Labute approximate surface area is 84.0 Å². The van der Waals surface area contributed by atoms with Crippen molar-refractivity contribution >= 4 is 0 Å². The van der Waals surface area contributed by atoms with E-state index in [9.17, 15) is 5.11 Å². The van der Waals surface area contributed by atoms with Crippen molar-refractivity contribution in [3.63, 3.8) is 0 Å². The second-order valence-corrected chi connectivity index (χ2v) is 3.09. The zero-order chi connectivity index (χ0) is 10.2. The minimum Gasteiger partial charge on any atom is -0.388 e. The van der Waals surface area contributed by atoms with Crippen molar-refractivity contribution in [3.05, 3.63) is 24.3 Å². The molecule has 0 radical (unpaired) electrons. The van der Waals surface area contributed by atoms with Crippen LogP contribution in [0, 0.1) is 0 Å². The molecule has 1 atom stereocenters. The fourth-order valence-corrected chi connectivity index (χ4v) is 1.09. The third kappa shape index (κ3) is 3.81. The molecule has 14 heavy (non-hydrogen) atoms. The van der Waals surface area contributed by atoms with Crippen LogP contribution in [-0.4, -0.2) is 28.3 Å². The Bertz CT molecular complexity index is 241. The number of hydrogen-bond acceptors (Lipinski definition) is 4. The molecule has 78 valence electrons. The van der Waals surface area contributed by atoms with E-state index in [4.69, 9.17) is 4.74 Å². The Morgan fingerprint density at radius 3 is 2.71 bits per heavy atom. The summed E-state index contributed by atoms with van der Waals surface area (Å²) in [5.41, 5.74) is 0.743. The number of aliphatic hydroxyl groups excluding tert-OH is 1. The third-order valence-corrected chi connectivity index (χ3v) is 1.85. The lowest BCUT2D eigenvalue weighted by Crippen LogP contribution is -2.04. The van der Waals surface area contributed by atoms with Gasteiger partial charge in [0.25, 0.3) is 0 Å². The molecule has 0 aliphatic rings. The van der Waals surface area contributed by atoms with E-state index in [0.717, 1.165) is 18.6 Å². The lowest BCUT2D eigenvalue weighted by atomic mass is 10.1. The zero-order valence-corrected chi connectivity index (χ0v) is 8.39. The predicted octanol–water partition coefficient (Wildman–Crippen LogP) is 1.33. The van der Waals surface area contributed by atoms with Gasteiger partial charge >= 0.3 is 0 Å². The summed E-state index contributed by atoms with van der Waals surface area (Å²) in [6.45, 7) is 3.38. The average Bonchev–Trinajstić information content (AvgIpc) is 2.25. The summed E-state index contributed by atoms with van der Waals surface area (Å²) in [5.74, 6) is 0. The second-order valence-electron chi connectivity index (χ2n) is 3.09. The van der Waals surface area contributed by atoms with Crippen LogP contribution in [0.1, 0.15) is 31.4 Å². The molecule has 0 aliphatic carbocycles. The normalized spacial score (nSPS) is 12.7. The highest BCUT2D eigenvalue weighted by atomic mass is 16.5. The van der Waals surface area contributed by atoms with Gasteiger partial charge in [0, 0.05) is 37.6 Å². The van der Waals surface area contributed by atoms with Gasteiger partial charge in [-0.3, -0.25) is 0 Å². The van der Waals surface area contributed by atoms with Crippen molar-refractivity contribution in [3.8, 4) is 0 Å². The molecule has 1 heterocycles. The highest BCUT2D eigenvalue weighted by Gasteiger charge is 2.06. The molecule has 4 nitrogen and oxygen atoms in total. The number of rotatable bonds is 6. The lowest BCUT2D eigenvalue weighted by Gasteiger charge is -2.09. The average molecular weight is 196 g/mol. The summed E-state index contributed by atoms with van der Waals surface area (Å²) in [4.78, 5) is 7.68. The molecule has 1 unspecified atom stereocenters. The van der Waals surface area contributed by atoms with Crippen molar-refractivity contribution in [2.75, 3.05) is 13.2 Å². The van der Waals surface area contributed by atoms with E-state index in [2.05, 4.69) is 16.9 Å². The van der Waals surface area contributed by atoms with Crippen LogP contribution in [0.3, 0.4) is 0 Å². The van der Waals surface area contributed by atoms with Gasteiger partial charge in [-0.05, 0) is 6.42 Å². The van der Waals surface area contributed by atoms with Crippen LogP contribution < -0.4 is 0 Å². The van der Waals surface area contributed by atoms with Gasteiger partial charge in [-0.25, -0.2) is 9.97 Å². The fraction of sp³-hybridized carbons (Fsp3) is 0.600. The number of aromatic nitrogens is 2.